The fourth-order valence-corrected chi connectivity index (χ4v) is 3.05. The Balaban J connectivity index is 1.89. The van der Waals surface area contributed by atoms with Gasteiger partial charge in [0.05, 0.1) is 5.69 Å². The number of nitrogens with one attached hydrogen (secondary N) is 1. The highest BCUT2D eigenvalue weighted by molar-refractivity contribution is 7.12. The van der Waals surface area contributed by atoms with E-state index in [1.165, 1.54) is 15.3 Å². The molecule has 0 saturated heterocycles. The maximum atomic E-state index is 4.35. The Labute approximate surface area is 119 Å². The predicted octanol–water partition coefficient (Wildman–Crippen LogP) is 3.38. The van der Waals surface area contributed by atoms with Crippen LogP contribution in [0.25, 0.3) is 0 Å². The van der Waals surface area contributed by atoms with Gasteiger partial charge in [0.2, 0.25) is 0 Å². The Morgan fingerprint density at radius 1 is 1.26 bits per heavy atom. The van der Waals surface area contributed by atoms with Gasteiger partial charge >= 0.3 is 0 Å². The fraction of sp³-hybridized carbons (Fsp3) is 0.533. The molecule has 2 rings (SSSR count). The minimum absolute atomic E-state index is 0.253. The molecule has 19 heavy (non-hydrogen) atoms. The van der Waals surface area contributed by atoms with E-state index in [-0.39, 0.29) is 5.41 Å². The molecule has 0 aliphatic heterocycles. The topological polar surface area (TPSA) is 29.9 Å². The quantitative estimate of drug-likeness (QED) is 0.928. The zero-order valence-electron chi connectivity index (χ0n) is 12.4. The third-order valence-electron chi connectivity index (χ3n) is 3.13. The van der Waals surface area contributed by atoms with Gasteiger partial charge in [-0.15, -0.1) is 11.3 Å². The van der Waals surface area contributed by atoms with Crippen molar-refractivity contribution < 1.29 is 0 Å². The summed E-state index contributed by atoms with van der Waals surface area (Å²) in [6.07, 6.45) is 2.08. The molecule has 0 atom stereocenters. The van der Waals surface area contributed by atoms with Crippen molar-refractivity contribution in [1.82, 2.24) is 15.1 Å². The Hall–Kier alpha value is -1.13. The smallest absolute Gasteiger partial charge is 0.0638 e. The minimum atomic E-state index is 0.253. The van der Waals surface area contributed by atoms with E-state index in [1.54, 1.807) is 0 Å². The highest BCUT2D eigenvalue weighted by atomic mass is 32.1. The van der Waals surface area contributed by atoms with Crippen LogP contribution in [0.4, 0.5) is 0 Å². The number of thiophene rings is 1. The fourth-order valence-electron chi connectivity index (χ4n) is 2.02. The van der Waals surface area contributed by atoms with Gasteiger partial charge in [0.25, 0.3) is 0 Å². The SMILES string of the molecule is Cc1nn(C)cc1CNCc1ccc(C(C)(C)C)s1. The first-order valence-corrected chi connectivity index (χ1v) is 7.47. The van der Waals surface area contributed by atoms with Gasteiger partial charge in [0.1, 0.15) is 0 Å². The largest absolute Gasteiger partial charge is 0.308 e. The molecule has 3 nitrogen and oxygen atoms in total. The summed E-state index contributed by atoms with van der Waals surface area (Å²) in [5.41, 5.74) is 2.63. The van der Waals surface area contributed by atoms with E-state index >= 15 is 0 Å². The summed E-state index contributed by atoms with van der Waals surface area (Å²) < 4.78 is 1.87. The van der Waals surface area contributed by atoms with Crippen LogP contribution in [0.5, 0.6) is 0 Å². The zero-order valence-corrected chi connectivity index (χ0v) is 13.3. The van der Waals surface area contributed by atoms with Crippen LogP contribution in [-0.4, -0.2) is 9.78 Å². The molecule has 0 amide bonds. The summed E-state index contributed by atoms with van der Waals surface area (Å²) in [5, 5.41) is 7.85. The van der Waals surface area contributed by atoms with Crippen LogP contribution in [0.2, 0.25) is 0 Å². The number of nitrogens with zero attached hydrogens (tertiary/aromatic N) is 2. The molecule has 0 aliphatic rings. The molecule has 0 aromatic carbocycles. The molecule has 0 spiro atoms. The summed E-state index contributed by atoms with van der Waals surface area (Å²) in [7, 11) is 1.96. The molecule has 4 heteroatoms. The van der Waals surface area contributed by atoms with Gasteiger partial charge in [-0.3, -0.25) is 4.68 Å². The molecule has 104 valence electrons. The van der Waals surface area contributed by atoms with Crippen LogP contribution in [-0.2, 0) is 25.6 Å². The summed E-state index contributed by atoms with van der Waals surface area (Å²) in [4.78, 5) is 2.84. The van der Waals surface area contributed by atoms with Gasteiger partial charge in [-0.1, -0.05) is 20.8 Å². The molecular weight excluding hydrogens is 254 g/mol. The van der Waals surface area contributed by atoms with Crippen molar-refractivity contribution >= 4 is 11.3 Å². The highest BCUT2D eigenvalue weighted by Gasteiger charge is 2.15. The maximum Gasteiger partial charge on any atom is 0.0638 e. The molecule has 0 radical (unpaired) electrons. The van der Waals surface area contributed by atoms with E-state index in [2.05, 4.69) is 56.4 Å². The van der Waals surface area contributed by atoms with Gasteiger partial charge in [0, 0.05) is 41.7 Å². The van der Waals surface area contributed by atoms with Crippen molar-refractivity contribution in [3.8, 4) is 0 Å². The monoisotopic (exact) mass is 277 g/mol. The number of aryl methyl sites for hydroxylation is 2. The molecule has 1 N–H and O–H groups in total. The van der Waals surface area contributed by atoms with Gasteiger partial charge in [0.15, 0.2) is 0 Å². The first-order valence-electron chi connectivity index (χ1n) is 6.65. The van der Waals surface area contributed by atoms with E-state index in [4.69, 9.17) is 0 Å². The Morgan fingerprint density at radius 2 is 2.00 bits per heavy atom. The number of aromatic nitrogens is 2. The van der Waals surface area contributed by atoms with Crippen LogP contribution in [0.3, 0.4) is 0 Å². The lowest BCUT2D eigenvalue weighted by molar-refractivity contribution is 0.604. The summed E-state index contributed by atoms with van der Waals surface area (Å²) in [6.45, 7) is 10.6. The van der Waals surface area contributed by atoms with Crippen molar-refractivity contribution in [1.29, 1.82) is 0 Å². The van der Waals surface area contributed by atoms with E-state index in [9.17, 15) is 0 Å². The summed E-state index contributed by atoms with van der Waals surface area (Å²) >= 11 is 1.90. The second-order valence-corrected chi connectivity index (χ2v) is 7.20. The molecule has 0 bridgehead atoms. The molecule has 0 aliphatic carbocycles. The van der Waals surface area contributed by atoms with E-state index in [1.807, 2.05) is 23.1 Å². The van der Waals surface area contributed by atoms with Crippen LogP contribution < -0.4 is 5.32 Å². The average Bonchev–Trinajstić information content (AvgIpc) is 2.86. The lowest BCUT2D eigenvalue weighted by atomic mass is 9.95. The van der Waals surface area contributed by atoms with Crippen LogP contribution in [0.1, 0.15) is 41.8 Å². The number of hydrogen-bond donors (Lipinski definition) is 1. The first-order chi connectivity index (χ1) is 8.86. The van der Waals surface area contributed by atoms with Gasteiger partial charge in [-0.2, -0.15) is 5.10 Å². The lowest BCUT2D eigenvalue weighted by Crippen LogP contribution is -2.12. The first kappa shape index (κ1) is 14.3. The van der Waals surface area contributed by atoms with Crippen molar-refractivity contribution in [3.05, 3.63) is 39.3 Å². The molecular formula is C15H23N3S. The standard InChI is InChI=1S/C15H23N3S/c1-11-12(10-18(5)17-11)8-16-9-13-6-7-14(19-13)15(2,3)4/h6-7,10,16H,8-9H2,1-5H3. The molecule has 0 unspecified atom stereocenters. The van der Waals surface area contributed by atoms with Gasteiger partial charge in [-0.05, 0) is 24.5 Å². The van der Waals surface area contributed by atoms with Crippen LogP contribution in [0.15, 0.2) is 18.3 Å². The second kappa shape index (κ2) is 5.47. The summed E-state index contributed by atoms with van der Waals surface area (Å²) in [6, 6.07) is 4.48. The van der Waals surface area contributed by atoms with Crippen molar-refractivity contribution in [2.45, 2.75) is 46.2 Å². The lowest BCUT2D eigenvalue weighted by Gasteiger charge is -2.15. The molecule has 2 aromatic rings. The second-order valence-electron chi connectivity index (χ2n) is 6.03. The molecule has 2 aromatic heterocycles. The van der Waals surface area contributed by atoms with Crippen molar-refractivity contribution in [2.24, 2.45) is 7.05 Å². The third-order valence-corrected chi connectivity index (χ3v) is 4.64. The Bertz CT molecular complexity index is 546. The van der Waals surface area contributed by atoms with Gasteiger partial charge < -0.3 is 5.32 Å². The normalized spacial score (nSPS) is 12.1. The van der Waals surface area contributed by atoms with E-state index in [0.29, 0.717) is 0 Å². The zero-order chi connectivity index (χ0) is 14.0. The van der Waals surface area contributed by atoms with Crippen LogP contribution in [0, 0.1) is 6.92 Å². The average molecular weight is 277 g/mol. The van der Waals surface area contributed by atoms with E-state index < -0.39 is 0 Å². The highest BCUT2D eigenvalue weighted by Crippen LogP contribution is 2.29. The maximum absolute atomic E-state index is 4.35. The Kier molecular flexibility index (Phi) is 4.11. The van der Waals surface area contributed by atoms with Crippen molar-refractivity contribution in [2.75, 3.05) is 0 Å². The van der Waals surface area contributed by atoms with Gasteiger partial charge in [-0.25, -0.2) is 0 Å². The molecule has 2 heterocycles. The number of rotatable bonds is 4. The van der Waals surface area contributed by atoms with Crippen molar-refractivity contribution in [3.63, 3.8) is 0 Å². The summed E-state index contributed by atoms with van der Waals surface area (Å²) in [5.74, 6) is 0. The third kappa shape index (κ3) is 3.67. The molecule has 0 fully saturated rings. The van der Waals surface area contributed by atoms with Crippen LogP contribution >= 0.6 is 11.3 Å². The van der Waals surface area contributed by atoms with E-state index in [0.717, 1.165) is 18.8 Å². The molecule has 0 saturated carbocycles. The predicted molar refractivity (Wildman–Crippen MR) is 81.5 cm³/mol. The number of hydrogen-bond acceptors (Lipinski definition) is 3. The Morgan fingerprint density at radius 3 is 2.53 bits per heavy atom. The minimum Gasteiger partial charge on any atom is -0.308 e.